The Bertz CT molecular complexity index is 845. The van der Waals surface area contributed by atoms with Gasteiger partial charge in [-0.1, -0.05) is 65.5 Å². The van der Waals surface area contributed by atoms with E-state index in [0.717, 1.165) is 74.5 Å². The minimum Gasteiger partial charge on any atom is -0.446 e. The van der Waals surface area contributed by atoms with Crippen LogP contribution in [0.1, 0.15) is 105 Å². The Hall–Kier alpha value is -1.03. The van der Waals surface area contributed by atoms with Gasteiger partial charge in [0, 0.05) is 32.6 Å². The quantitative estimate of drug-likeness (QED) is 0.341. The van der Waals surface area contributed by atoms with Crippen molar-refractivity contribution in [2.24, 2.45) is 46.3 Å². The Balaban J connectivity index is 1.22. The van der Waals surface area contributed by atoms with Crippen LogP contribution in [0.15, 0.2) is 11.6 Å². The molecule has 1 heterocycles. The van der Waals surface area contributed by atoms with E-state index < -0.39 is 0 Å². The third-order valence-corrected chi connectivity index (χ3v) is 12.3. The van der Waals surface area contributed by atoms with Crippen molar-refractivity contribution in [3.05, 3.63) is 11.6 Å². The fourth-order valence-electron chi connectivity index (χ4n) is 9.96. The van der Waals surface area contributed by atoms with Crippen LogP contribution < -0.4 is 0 Å². The molecule has 1 unspecified atom stereocenters. The van der Waals surface area contributed by atoms with E-state index in [2.05, 4.69) is 52.6 Å². The van der Waals surface area contributed by atoms with Crippen LogP contribution in [0.3, 0.4) is 0 Å². The number of piperazine rings is 1. The van der Waals surface area contributed by atoms with Crippen molar-refractivity contribution < 1.29 is 9.53 Å². The molecule has 4 aliphatic carbocycles. The summed E-state index contributed by atoms with van der Waals surface area (Å²) >= 11 is 0. The Labute approximate surface area is 227 Å². The number of carbonyl (C=O) groups excluding carboxylic acids is 1. The largest absolute Gasteiger partial charge is 0.446 e. The molecule has 1 aliphatic heterocycles. The first-order valence-electron chi connectivity index (χ1n) is 16.0. The first-order valence-corrected chi connectivity index (χ1v) is 16.0. The van der Waals surface area contributed by atoms with Crippen LogP contribution in [-0.2, 0) is 4.74 Å². The zero-order valence-electron chi connectivity index (χ0n) is 24.9. The minimum absolute atomic E-state index is 0.0689. The molecule has 37 heavy (non-hydrogen) atoms. The molecule has 3 saturated carbocycles. The second kappa shape index (κ2) is 10.9. The molecule has 5 rings (SSSR count). The molecule has 0 bridgehead atoms. The highest BCUT2D eigenvalue weighted by Gasteiger charge is 2.59. The average molecular weight is 513 g/mol. The molecule has 0 aromatic carbocycles. The topological polar surface area (TPSA) is 32.8 Å². The number of nitrogens with zero attached hydrogens (tertiary/aromatic N) is 2. The van der Waals surface area contributed by atoms with Crippen LogP contribution in [0.5, 0.6) is 0 Å². The Morgan fingerprint density at radius 1 is 1.00 bits per heavy atom. The van der Waals surface area contributed by atoms with Gasteiger partial charge in [0.2, 0.25) is 0 Å². The van der Waals surface area contributed by atoms with E-state index >= 15 is 0 Å². The van der Waals surface area contributed by atoms with Crippen LogP contribution in [0.25, 0.3) is 0 Å². The Kier molecular flexibility index (Phi) is 8.08. The summed E-state index contributed by atoms with van der Waals surface area (Å²) in [4.78, 5) is 17.1. The predicted octanol–water partition coefficient (Wildman–Crippen LogP) is 7.78. The summed E-state index contributed by atoms with van der Waals surface area (Å²) in [7, 11) is 2.13. The van der Waals surface area contributed by atoms with Crippen LogP contribution in [0.2, 0.25) is 0 Å². The van der Waals surface area contributed by atoms with Gasteiger partial charge >= 0.3 is 6.09 Å². The number of hydrogen-bond donors (Lipinski definition) is 0. The lowest BCUT2D eigenvalue weighted by atomic mass is 9.47. The van der Waals surface area contributed by atoms with E-state index in [-0.39, 0.29) is 12.2 Å². The molecule has 0 radical (unpaired) electrons. The normalized spacial score (nSPS) is 41.0. The van der Waals surface area contributed by atoms with Gasteiger partial charge < -0.3 is 14.5 Å². The number of carbonyl (C=O) groups is 1. The molecule has 4 fully saturated rings. The molecule has 8 atom stereocenters. The molecular formula is C33H56N2O2. The summed E-state index contributed by atoms with van der Waals surface area (Å²) < 4.78 is 6.10. The first kappa shape index (κ1) is 27.5. The van der Waals surface area contributed by atoms with E-state index in [0.29, 0.717) is 10.8 Å². The summed E-state index contributed by atoms with van der Waals surface area (Å²) in [5.41, 5.74) is 2.49. The second-order valence-corrected chi connectivity index (χ2v) is 14.8. The third kappa shape index (κ3) is 5.27. The Morgan fingerprint density at radius 3 is 2.49 bits per heavy atom. The van der Waals surface area contributed by atoms with E-state index in [1.54, 1.807) is 5.57 Å². The van der Waals surface area contributed by atoms with Gasteiger partial charge in [-0.3, -0.25) is 0 Å². The van der Waals surface area contributed by atoms with E-state index in [4.69, 9.17) is 4.74 Å². The average Bonchev–Trinajstić information content (AvgIpc) is 3.21. The van der Waals surface area contributed by atoms with Crippen LogP contribution in [0.4, 0.5) is 4.79 Å². The second-order valence-electron chi connectivity index (χ2n) is 14.8. The molecule has 1 saturated heterocycles. The Morgan fingerprint density at radius 2 is 1.76 bits per heavy atom. The zero-order chi connectivity index (χ0) is 26.4. The van der Waals surface area contributed by atoms with Crippen LogP contribution in [-0.4, -0.2) is 55.2 Å². The molecule has 0 aromatic heterocycles. The van der Waals surface area contributed by atoms with Gasteiger partial charge in [-0.15, -0.1) is 0 Å². The van der Waals surface area contributed by atoms with Crippen molar-refractivity contribution in [3.63, 3.8) is 0 Å². The van der Waals surface area contributed by atoms with E-state index in [1.807, 2.05) is 4.90 Å². The predicted molar refractivity (Wildman–Crippen MR) is 152 cm³/mol. The molecule has 0 N–H and O–H groups in total. The van der Waals surface area contributed by atoms with Crippen molar-refractivity contribution >= 4 is 6.09 Å². The third-order valence-electron chi connectivity index (χ3n) is 12.3. The van der Waals surface area contributed by atoms with Crippen molar-refractivity contribution in [2.45, 2.75) is 111 Å². The molecule has 4 heteroatoms. The summed E-state index contributed by atoms with van der Waals surface area (Å²) in [6, 6.07) is 0. The van der Waals surface area contributed by atoms with Crippen molar-refractivity contribution in [1.29, 1.82) is 0 Å². The zero-order valence-corrected chi connectivity index (χ0v) is 24.9. The fraction of sp³-hybridized carbons (Fsp3) is 0.909. The molecule has 0 spiro atoms. The fourth-order valence-corrected chi connectivity index (χ4v) is 9.96. The number of fused-ring (bicyclic) bond motifs is 5. The molecule has 0 aromatic rings. The minimum atomic E-state index is -0.0797. The summed E-state index contributed by atoms with van der Waals surface area (Å²) in [6.07, 6.45) is 17.1. The maximum absolute atomic E-state index is 12.9. The number of amides is 1. The van der Waals surface area contributed by atoms with Gasteiger partial charge in [0.25, 0.3) is 0 Å². The number of hydrogen-bond acceptors (Lipinski definition) is 3. The highest BCUT2D eigenvalue weighted by Crippen LogP contribution is 2.67. The van der Waals surface area contributed by atoms with E-state index in [1.165, 1.54) is 57.8 Å². The highest BCUT2D eigenvalue weighted by atomic mass is 16.6. The van der Waals surface area contributed by atoms with Crippen molar-refractivity contribution in [2.75, 3.05) is 33.2 Å². The summed E-state index contributed by atoms with van der Waals surface area (Å²) in [5.74, 6) is 5.24. The van der Waals surface area contributed by atoms with E-state index in [9.17, 15) is 4.79 Å². The molecule has 4 nitrogen and oxygen atoms in total. The number of likely N-dealkylation sites (N-methyl/N-ethyl adjacent to an activating group) is 1. The van der Waals surface area contributed by atoms with Gasteiger partial charge in [-0.25, -0.2) is 4.79 Å². The van der Waals surface area contributed by atoms with Crippen molar-refractivity contribution in [1.82, 2.24) is 9.80 Å². The van der Waals surface area contributed by atoms with Gasteiger partial charge in [-0.2, -0.15) is 0 Å². The first-order chi connectivity index (χ1) is 17.6. The smallest absolute Gasteiger partial charge is 0.410 e. The number of ether oxygens (including phenoxy) is 1. The number of rotatable bonds is 6. The maximum Gasteiger partial charge on any atom is 0.410 e. The van der Waals surface area contributed by atoms with Crippen LogP contribution >= 0.6 is 0 Å². The summed E-state index contributed by atoms with van der Waals surface area (Å²) in [5, 5.41) is 0. The lowest BCUT2D eigenvalue weighted by Crippen LogP contribution is -2.51. The van der Waals surface area contributed by atoms with Crippen LogP contribution in [0, 0.1) is 46.3 Å². The van der Waals surface area contributed by atoms with Crippen molar-refractivity contribution in [3.8, 4) is 0 Å². The van der Waals surface area contributed by atoms with Gasteiger partial charge in [0.1, 0.15) is 6.10 Å². The highest BCUT2D eigenvalue weighted by molar-refractivity contribution is 5.68. The van der Waals surface area contributed by atoms with Gasteiger partial charge in [0.15, 0.2) is 0 Å². The van der Waals surface area contributed by atoms with Gasteiger partial charge in [-0.05, 0) is 98.3 Å². The molecule has 5 aliphatic rings. The number of allylic oxidation sites excluding steroid dienone is 1. The summed E-state index contributed by atoms with van der Waals surface area (Å²) in [6.45, 7) is 16.1. The molecular weight excluding hydrogens is 456 g/mol. The lowest BCUT2D eigenvalue weighted by Gasteiger charge is -2.58. The van der Waals surface area contributed by atoms with Gasteiger partial charge in [0.05, 0.1) is 0 Å². The SMILES string of the molecule is CC(C)CCC[C@@H](C)C1CC[C@@H]2[C@@H]3CC=C4C[C@@H](OC(=O)N5CCN(C)CC5)CC[C@]4(C)[C@@H]3CC[C@]12C. The maximum atomic E-state index is 12.9. The lowest BCUT2D eigenvalue weighted by molar-refractivity contribution is -0.0596. The molecule has 210 valence electrons. The monoisotopic (exact) mass is 512 g/mol. The standard InChI is InChI=1S/C33H56N2O2/c1-23(2)8-7-9-24(3)28-12-13-29-27-11-10-25-22-26(37-31(36)35-20-18-34(6)19-21-35)14-16-32(25,4)30(27)15-17-33(28,29)5/h10,23-24,26-30H,7-9,11-22H2,1-6H3/t24-,26+,27+,28?,29-,30-,32+,33-/m1/s1. The molecule has 1 amide bonds.